The fraction of sp³-hybridized carbons (Fsp3) is 0.667. The number of piperidine rings is 1. The molecule has 5 nitrogen and oxygen atoms in total. The van der Waals surface area contributed by atoms with Crippen LogP contribution in [0.15, 0.2) is 24.5 Å². The molecular formula is C15H23N3O2S. The zero-order valence-electron chi connectivity index (χ0n) is 12.5. The number of rotatable bonds is 3. The van der Waals surface area contributed by atoms with Crippen molar-refractivity contribution in [3.05, 3.63) is 30.1 Å². The third-order valence-corrected chi connectivity index (χ3v) is 6.69. The largest absolute Gasteiger partial charge is 0.282 e. The Morgan fingerprint density at radius 2 is 1.95 bits per heavy atom. The standard InChI is InChI=1S/C15H23N3O2S/c1-13-6-10-17(11-7-13)21(19,20)18-9-3-5-15(18)14-4-2-8-16-12-14/h2,4,8,12-13,15H,3,5-7,9-11H2,1H3. The van der Waals surface area contributed by atoms with Crippen molar-refractivity contribution in [1.29, 1.82) is 0 Å². The Hall–Kier alpha value is -0.980. The molecule has 1 unspecified atom stereocenters. The number of hydrogen-bond donors (Lipinski definition) is 0. The van der Waals surface area contributed by atoms with Crippen LogP contribution in [0.2, 0.25) is 0 Å². The van der Waals surface area contributed by atoms with Gasteiger partial charge in [0.25, 0.3) is 10.2 Å². The van der Waals surface area contributed by atoms with Crippen LogP contribution < -0.4 is 0 Å². The topological polar surface area (TPSA) is 53.5 Å². The minimum atomic E-state index is -3.34. The number of aromatic nitrogens is 1. The van der Waals surface area contributed by atoms with E-state index in [9.17, 15) is 8.42 Å². The second kappa shape index (κ2) is 6.02. The molecule has 0 saturated carbocycles. The predicted octanol–water partition coefficient (Wildman–Crippen LogP) is 2.20. The van der Waals surface area contributed by atoms with Gasteiger partial charge in [0.15, 0.2) is 0 Å². The molecule has 3 heterocycles. The Morgan fingerprint density at radius 3 is 2.62 bits per heavy atom. The highest BCUT2D eigenvalue weighted by Crippen LogP contribution is 2.35. The molecule has 3 rings (SSSR count). The lowest BCUT2D eigenvalue weighted by atomic mass is 10.0. The first-order valence-corrected chi connectivity index (χ1v) is 9.15. The highest BCUT2D eigenvalue weighted by atomic mass is 32.2. The summed E-state index contributed by atoms with van der Waals surface area (Å²) in [6, 6.07) is 3.80. The Kier molecular flexibility index (Phi) is 4.28. The van der Waals surface area contributed by atoms with Gasteiger partial charge in [0.05, 0.1) is 6.04 Å². The monoisotopic (exact) mass is 309 g/mol. The summed E-state index contributed by atoms with van der Waals surface area (Å²) in [5, 5.41) is 0. The van der Waals surface area contributed by atoms with Crippen molar-refractivity contribution in [2.45, 2.75) is 38.6 Å². The summed E-state index contributed by atoms with van der Waals surface area (Å²) in [5.74, 6) is 0.629. The Labute approximate surface area is 127 Å². The van der Waals surface area contributed by atoms with E-state index in [1.165, 1.54) is 0 Å². The minimum absolute atomic E-state index is 0.0527. The van der Waals surface area contributed by atoms with Crippen LogP contribution in [0.3, 0.4) is 0 Å². The van der Waals surface area contributed by atoms with Crippen LogP contribution in [0.1, 0.15) is 44.2 Å². The molecule has 1 atom stereocenters. The van der Waals surface area contributed by atoms with Crippen molar-refractivity contribution in [3.8, 4) is 0 Å². The highest BCUT2D eigenvalue weighted by molar-refractivity contribution is 7.86. The van der Waals surface area contributed by atoms with Crippen molar-refractivity contribution in [3.63, 3.8) is 0 Å². The first kappa shape index (κ1) is 14.9. The van der Waals surface area contributed by atoms with Crippen molar-refractivity contribution in [1.82, 2.24) is 13.6 Å². The second-order valence-electron chi connectivity index (χ2n) is 6.14. The first-order valence-electron chi connectivity index (χ1n) is 7.76. The van der Waals surface area contributed by atoms with Crippen molar-refractivity contribution >= 4 is 10.2 Å². The molecule has 116 valence electrons. The van der Waals surface area contributed by atoms with Gasteiger partial charge in [-0.15, -0.1) is 0 Å². The molecule has 0 N–H and O–H groups in total. The molecular weight excluding hydrogens is 286 g/mol. The zero-order valence-corrected chi connectivity index (χ0v) is 13.3. The summed E-state index contributed by atoms with van der Waals surface area (Å²) in [7, 11) is -3.34. The number of hydrogen-bond acceptors (Lipinski definition) is 3. The molecule has 0 aliphatic carbocycles. The van der Waals surface area contributed by atoms with E-state index >= 15 is 0 Å². The summed E-state index contributed by atoms with van der Waals surface area (Å²) < 4.78 is 29.2. The molecule has 0 amide bonds. The van der Waals surface area contributed by atoms with Gasteiger partial charge in [-0.3, -0.25) is 4.98 Å². The lowest BCUT2D eigenvalue weighted by Gasteiger charge is -2.34. The molecule has 0 spiro atoms. The summed E-state index contributed by atoms with van der Waals surface area (Å²) >= 11 is 0. The van der Waals surface area contributed by atoms with Gasteiger partial charge in [-0.25, -0.2) is 0 Å². The Bertz CT molecular complexity index is 568. The lowest BCUT2D eigenvalue weighted by Crippen LogP contribution is -2.46. The van der Waals surface area contributed by atoms with Gasteiger partial charge in [-0.2, -0.15) is 17.0 Å². The number of nitrogens with zero attached hydrogens (tertiary/aromatic N) is 3. The Morgan fingerprint density at radius 1 is 1.19 bits per heavy atom. The molecule has 0 radical (unpaired) electrons. The van der Waals surface area contributed by atoms with Crippen LogP contribution >= 0.6 is 0 Å². The molecule has 21 heavy (non-hydrogen) atoms. The second-order valence-corrected chi connectivity index (χ2v) is 8.03. The van der Waals surface area contributed by atoms with E-state index in [1.807, 2.05) is 12.1 Å². The van der Waals surface area contributed by atoms with E-state index in [0.717, 1.165) is 31.2 Å². The maximum absolute atomic E-state index is 12.9. The normalized spacial score (nSPS) is 26.2. The van der Waals surface area contributed by atoms with Gasteiger partial charge in [0.1, 0.15) is 0 Å². The average molecular weight is 309 g/mol. The van der Waals surface area contributed by atoms with Crippen LogP contribution in [-0.2, 0) is 10.2 Å². The highest BCUT2D eigenvalue weighted by Gasteiger charge is 2.39. The van der Waals surface area contributed by atoms with E-state index in [-0.39, 0.29) is 6.04 Å². The molecule has 2 saturated heterocycles. The number of pyridine rings is 1. The summed E-state index contributed by atoms with van der Waals surface area (Å²) in [4.78, 5) is 4.13. The van der Waals surface area contributed by atoms with Gasteiger partial charge in [0, 0.05) is 32.0 Å². The SMILES string of the molecule is CC1CCN(S(=O)(=O)N2CCCC2c2cccnc2)CC1. The third kappa shape index (κ3) is 2.98. The maximum Gasteiger partial charge on any atom is 0.282 e. The minimum Gasteiger partial charge on any atom is -0.264 e. The average Bonchev–Trinajstić information content (AvgIpc) is 2.99. The van der Waals surface area contributed by atoms with Crippen molar-refractivity contribution < 1.29 is 8.42 Å². The van der Waals surface area contributed by atoms with Crippen LogP contribution in [-0.4, -0.2) is 41.6 Å². The molecule has 2 aliphatic heterocycles. The van der Waals surface area contributed by atoms with E-state index < -0.39 is 10.2 Å². The van der Waals surface area contributed by atoms with Crippen LogP contribution in [0.4, 0.5) is 0 Å². The van der Waals surface area contributed by atoms with E-state index in [1.54, 1.807) is 21.0 Å². The van der Waals surface area contributed by atoms with E-state index in [0.29, 0.717) is 25.6 Å². The van der Waals surface area contributed by atoms with E-state index in [2.05, 4.69) is 11.9 Å². The Balaban J connectivity index is 1.81. The predicted molar refractivity (Wildman–Crippen MR) is 81.8 cm³/mol. The molecule has 2 aliphatic rings. The van der Waals surface area contributed by atoms with Crippen molar-refractivity contribution in [2.75, 3.05) is 19.6 Å². The van der Waals surface area contributed by atoms with Gasteiger partial charge >= 0.3 is 0 Å². The van der Waals surface area contributed by atoms with Gasteiger partial charge in [-0.05, 0) is 43.2 Å². The fourth-order valence-electron chi connectivity index (χ4n) is 3.29. The molecule has 0 bridgehead atoms. The third-order valence-electron chi connectivity index (χ3n) is 4.64. The first-order chi connectivity index (χ1) is 10.1. The molecule has 6 heteroatoms. The smallest absolute Gasteiger partial charge is 0.264 e. The van der Waals surface area contributed by atoms with Crippen LogP contribution in [0, 0.1) is 5.92 Å². The van der Waals surface area contributed by atoms with Gasteiger partial charge < -0.3 is 0 Å². The summed E-state index contributed by atoms with van der Waals surface area (Å²) in [5.41, 5.74) is 1.00. The molecule has 1 aromatic heterocycles. The fourth-order valence-corrected chi connectivity index (χ4v) is 5.16. The zero-order chi connectivity index (χ0) is 14.9. The van der Waals surface area contributed by atoms with Gasteiger partial charge in [-0.1, -0.05) is 13.0 Å². The van der Waals surface area contributed by atoms with E-state index in [4.69, 9.17) is 0 Å². The summed E-state index contributed by atoms with van der Waals surface area (Å²) in [6.45, 7) is 4.12. The maximum atomic E-state index is 12.9. The van der Waals surface area contributed by atoms with Crippen LogP contribution in [0.5, 0.6) is 0 Å². The lowest BCUT2D eigenvalue weighted by molar-refractivity contribution is 0.260. The van der Waals surface area contributed by atoms with Crippen molar-refractivity contribution in [2.24, 2.45) is 5.92 Å². The quantitative estimate of drug-likeness (QED) is 0.860. The molecule has 2 fully saturated rings. The van der Waals surface area contributed by atoms with Gasteiger partial charge in [0.2, 0.25) is 0 Å². The summed E-state index contributed by atoms with van der Waals surface area (Å²) in [6.07, 6.45) is 7.24. The molecule has 1 aromatic rings. The molecule has 0 aromatic carbocycles. The van der Waals surface area contributed by atoms with Crippen LogP contribution in [0.25, 0.3) is 0 Å².